The third-order valence-electron chi connectivity index (χ3n) is 3.99. The summed E-state index contributed by atoms with van der Waals surface area (Å²) in [6.45, 7) is 5.67. The molecule has 0 aliphatic heterocycles. The predicted octanol–water partition coefficient (Wildman–Crippen LogP) is 0.773. The number of hydrogen-bond donors (Lipinski definition) is 0. The van der Waals surface area contributed by atoms with E-state index in [1.54, 1.807) is 11.9 Å². The van der Waals surface area contributed by atoms with E-state index < -0.39 is 0 Å². The number of Topliss-reactive ketones (excluding diaryl/α,β-unsaturated/α-hetero) is 2. The highest BCUT2D eigenvalue weighted by molar-refractivity contribution is 5.78. The first-order chi connectivity index (χ1) is 12.8. The van der Waals surface area contributed by atoms with Gasteiger partial charge >= 0.3 is 0 Å². The number of hydrogen-bond acceptors (Lipinski definition) is 7. The number of amides is 1. The van der Waals surface area contributed by atoms with E-state index in [0.29, 0.717) is 39.1 Å². The van der Waals surface area contributed by atoms with Crippen LogP contribution in [0, 0.1) is 0 Å². The zero-order valence-electron chi connectivity index (χ0n) is 17.5. The molecule has 0 spiro atoms. The van der Waals surface area contributed by atoms with Crippen molar-refractivity contribution in [2.45, 2.75) is 39.2 Å². The molecular weight excluding hydrogens is 352 g/mol. The molecule has 0 saturated carbocycles. The van der Waals surface area contributed by atoms with E-state index in [-0.39, 0.29) is 43.3 Å². The van der Waals surface area contributed by atoms with E-state index in [4.69, 9.17) is 14.2 Å². The Hall–Kier alpha value is -1.35. The summed E-state index contributed by atoms with van der Waals surface area (Å²) in [7, 11) is 5.55. The minimum absolute atomic E-state index is 0.0113. The summed E-state index contributed by atoms with van der Waals surface area (Å²) >= 11 is 0. The van der Waals surface area contributed by atoms with Crippen molar-refractivity contribution in [2.24, 2.45) is 0 Å². The van der Waals surface area contributed by atoms with Crippen LogP contribution in [0.5, 0.6) is 0 Å². The van der Waals surface area contributed by atoms with Crippen molar-refractivity contribution in [3.63, 3.8) is 0 Å². The molecule has 0 aliphatic carbocycles. The Morgan fingerprint density at radius 1 is 0.889 bits per heavy atom. The molecule has 8 heteroatoms. The largest absolute Gasteiger partial charge is 0.379 e. The van der Waals surface area contributed by atoms with Gasteiger partial charge in [-0.15, -0.1) is 0 Å². The molecule has 0 rings (SSSR count). The second kappa shape index (κ2) is 15.7. The van der Waals surface area contributed by atoms with Crippen molar-refractivity contribution in [1.29, 1.82) is 0 Å². The first-order valence-electron chi connectivity index (χ1n) is 9.42. The minimum atomic E-state index is -0.307. The molecule has 0 radical (unpaired) electrons. The Bertz CT molecular complexity index is 442. The molecule has 27 heavy (non-hydrogen) atoms. The van der Waals surface area contributed by atoms with Crippen molar-refractivity contribution in [2.75, 3.05) is 67.3 Å². The SMILES string of the molecule is CCC(=O)CCOCC(COCCC(C)=O)N(C)C(=O)COCCN(C)C. The zero-order valence-corrected chi connectivity index (χ0v) is 17.5. The molecule has 0 fully saturated rings. The van der Waals surface area contributed by atoms with Crippen LogP contribution in [-0.4, -0.2) is 101 Å². The third-order valence-corrected chi connectivity index (χ3v) is 3.99. The predicted molar refractivity (Wildman–Crippen MR) is 103 cm³/mol. The van der Waals surface area contributed by atoms with Crippen molar-refractivity contribution in [1.82, 2.24) is 9.80 Å². The highest BCUT2D eigenvalue weighted by atomic mass is 16.5. The lowest BCUT2D eigenvalue weighted by atomic mass is 10.2. The van der Waals surface area contributed by atoms with Crippen LogP contribution in [0.4, 0.5) is 0 Å². The molecule has 1 unspecified atom stereocenters. The van der Waals surface area contributed by atoms with Gasteiger partial charge in [-0.05, 0) is 21.0 Å². The topological polar surface area (TPSA) is 85.4 Å². The summed E-state index contributed by atoms with van der Waals surface area (Å²) in [4.78, 5) is 38.2. The van der Waals surface area contributed by atoms with Crippen molar-refractivity contribution < 1.29 is 28.6 Å². The number of rotatable bonds is 17. The van der Waals surface area contributed by atoms with Crippen LogP contribution < -0.4 is 0 Å². The number of carbonyl (C=O) groups excluding carboxylic acids is 3. The van der Waals surface area contributed by atoms with Gasteiger partial charge in [-0.25, -0.2) is 0 Å². The molecule has 158 valence electrons. The standard InChI is InChI=1S/C19H36N2O6/c1-6-18(23)8-11-26-14-17(13-25-10-7-16(2)22)21(5)19(24)15-27-12-9-20(3)4/h17H,6-15H2,1-5H3. The summed E-state index contributed by atoms with van der Waals surface area (Å²) in [6.07, 6.45) is 1.19. The molecule has 0 saturated heterocycles. The monoisotopic (exact) mass is 388 g/mol. The third kappa shape index (κ3) is 14.4. The van der Waals surface area contributed by atoms with Gasteiger partial charge in [0.15, 0.2) is 0 Å². The Labute approximate surface area is 163 Å². The molecule has 1 atom stereocenters. The Morgan fingerprint density at radius 3 is 2.00 bits per heavy atom. The fourth-order valence-electron chi connectivity index (χ4n) is 2.00. The molecule has 1 amide bonds. The summed E-state index contributed by atoms with van der Waals surface area (Å²) in [5.74, 6) is 0.0322. The minimum Gasteiger partial charge on any atom is -0.379 e. The Morgan fingerprint density at radius 2 is 1.48 bits per heavy atom. The van der Waals surface area contributed by atoms with Gasteiger partial charge < -0.3 is 24.0 Å². The van der Waals surface area contributed by atoms with E-state index >= 15 is 0 Å². The van der Waals surface area contributed by atoms with Gasteiger partial charge in [-0.1, -0.05) is 6.92 Å². The highest BCUT2D eigenvalue weighted by Gasteiger charge is 2.21. The van der Waals surface area contributed by atoms with Crippen LogP contribution in [0.1, 0.15) is 33.1 Å². The average molecular weight is 389 g/mol. The molecule has 0 aliphatic rings. The van der Waals surface area contributed by atoms with Crippen LogP contribution in [0.3, 0.4) is 0 Å². The lowest BCUT2D eigenvalue weighted by Gasteiger charge is -2.28. The second-order valence-corrected chi connectivity index (χ2v) is 6.76. The normalized spacial score (nSPS) is 12.2. The second-order valence-electron chi connectivity index (χ2n) is 6.76. The van der Waals surface area contributed by atoms with E-state index in [1.807, 2.05) is 25.9 Å². The first kappa shape index (κ1) is 25.6. The van der Waals surface area contributed by atoms with Gasteiger partial charge in [-0.3, -0.25) is 14.4 Å². The highest BCUT2D eigenvalue weighted by Crippen LogP contribution is 2.03. The molecule has 0 heterocycles. The molecule has 0 aromatic rings. The van der Waals surface area contributed by atoms with Gasteiger partial charge in [0.25, 0.3) is 0 Å². The van der Waals surface area contributed by atoms with E-state index in [9.17, 15) is 14.4 Å². The lowest BCUT2D eigenvalue weighted by Crippen LogP contribution is -2.45. The molecular formula is C19H36N2O6. The van der Waals surface area contributed by atoms with E-state index in [0.717, 1.165) is 6.54 Å². The molecule has 0 N–H and O–H groups in total. The smallest absolute Gasteiger partial charge is 0.248 e. The maximum atomic E-state index is 12.3. The fraction of sp³-hybridized carbons (Fsp3) is 0.842. The molecule has 0 bridgehead atoms. The Balaban J connectivity index is 4.42. The fourth-order valence-corrected chi connectivity index (χ4v) is 2.00. The van der Waals surface area contributed by atoms with Gasteiger partial charge in [0.2, 0.25) is 5.91 Å². The number of ketones is 2. The maximum absolute atomic E-state index is 12.3. The van der Waals surface area contributed by atoms with Crippen LogP contribution in [-0.2, 0) is 28.6 Å². The summed E-state index contributed by atoms with van der Waals surface area (Å²) in [5, 5.41) is 0. The summed E-state index contributed by atoms with van der Waals surface area (Å²) in [5.41, 5.74) is 0. The number of ether oxygens (including phenoxy) is 3. The summed E-state index contributed by atoms with van der Waals surface area (Å²) in [6, 6.07) is -0.307. The van der Waals surface area contributed by atoms with Crippen LogP contribution in [0.15, 0.2) is 0 Å². The van der Waals surface area contributed by atoms with E-state index in [1.165, 1.54) is 6.92 Å². The molecule has 8 nitrogen and oxygen atoms in total. The van der Waals surface area contributed by atoms with Crippen LogP contribution in [0.2, 0.25) is 0 Å². The van der Waals surface area contributed by atoms with E-state index in [2.05, 4.69) is 0 Å². The van der Waals surface area contributed by atoms with Crippen molar-refractivity contribution in [3.05, 3.63) is 0 Å². The summed E-state index contributed by atoms with van der Waals surface area (Å²) < 4.78 is 16.5. The van der Waals surface area contributed by atoms with Gasteiger partial charge in [-0.2, -0.15) is 0 Å². The average Bonchev–Trinajstić information content (AvgIpc) is 2.62. The van der Waals surface area contributed by atoms with Gasteiger partial charge in [0.1, 0.15) is 18.2 Å². The number of carbonyl (C=O) groups is 3. The first-order valence-corrected chi connectivity index (χ1v) is 9.42. The van der Waals surface area contributed by atoms with Gasteiger partial charge in [0.05, 0.1) is 39.1 Å². The Kier molecular flexibility index (Phi) is 14.9. The quantitative estimate of drug-likeness (QED) is 0.340. The van der Waals surface area contributed by atoms with Crippen molar-refractivity contribution >= 4 is 17.5 Å². The van der Waals surface area contributed by atoms with Crippen LogP contribution >= 0.6 is 0 Å². The zero-order chi connectivity index (χ0) is 20.7. The molecule has 0 aromatic carbocycles. The van der Waals surface area contributed by atoms with Crippen molar-refractivity contribution in [3.8, 4) is 0 Å². The van der Waals surface area contributed by atoms with Gasteiger partial charge in [0, 0.05) is 32.9 Å². The maximum Gasteiger partial charge on any atom is 0.248 e. The van der Waals surface area contributed by atoms with Crippen LogP contribution in [0.25, 0.3) is 0 Å². The lowest BCUT2D eigenvalue weighted by molar-refractivity contribution is -0.140. The number of nitrogens with zero attached hydrogens (tertiary/aromatic N) is 2. The number of likely N-dealkylation sites (N-methyl/N-ethyl adjacent to an activating group) is 2. The molecule has 0 aromatic heterocycles.